The Hall–Kier alpha value is -1.37. The number of hydrogen-bond donors (Lipinski definition) is 3. The Morgan fingerprint density at radius 1 is 1.61 bits per heavy atom. The zero-order chi connectivity index (χ0) is 13.2. The van der Waals surface area contributed by atoms with Crippen LogP contribution in [0.15, 0.2) is 12.1 Å². The Morgan fingerprint density at radius 2 is 2.39 bits per heavy atom. The predicted molar refractivity (Wildman–Crippen MR) is 68.4 cm³/mol. The van der Waals surface area contributed by atoms with E-state index in [4.69, 9.17) is 22.2 Å². The number of halogens is 1. The molecule has 6 nitrogen and oxygen atoms in total. The highest BCUT2D eigenvalue weighted by Crippen LogP contribution is 2.21. The lowest BCUT2D eigenvalue weighted by molar-refractivity contribution is 0.0885. The van der Waals surface area contributed by atoms with Gasteiger partial charge in [0.1, 0.15) is 11.5 Å². The quantitative estimate of drug-likeness (QED) is 0.562. The SMILES string of the molecule is CC1(NC(=O)c2nc(NN)ccc2Cl)CCOC1. The molecular formula is C11H15ClN4O2. The van der Waals surface area contributed by atoms with Crippen molar-refractivity contribution in [1.29, 1.82) is 0 Å². The van der Waals surface area contributed by atoms with Gasteiger partial charge in [0.05, 0.1) is 17.2 Å². The van der Waals surface area contributed by atoms with Crippen LogP contribution in [0.5, 0.6) is 0 Å². The molecular weight excluding hydrogens is 256 g/mol. The van der Waals surface area contributed by atoms with Crippen LogP contribution in [0.3, 0.4) is 0 Å². The lowest BCUT2D eigenvalue weighted by atomic mass is 10.0. The number of hydrogen-bond acceptors (Lipinski definition) is 5. The summed E-state index contributed by atoms with van der Waals surface area (Å²) in [6.07, 6.45) is 0.769. The average Bonchev–Trinajstić information content (AvgIpc) is 2.76. The summed E-state index contributed by atoms with van der Waals surface area (Å²) in [6.45, 7) is 3.06. The highest BCUT2D eigenvalue weighted by molar-refractivity contribution is 6.33. The van der Waals surface area contributed by atoms with Crippen molar-refractivity contribution in [3.05, 3.63) is 22.8 Å². The number of ether oxygens (including phenoxy) is 1. The summed E-state index contributed by atoms with van der Waals surface area (Å²) in [4.78, 5) is 16.2. The van der Waals surface area contributed by atoms with E-state index in [1.807, 2.05) is 6.92 Å². The van der Waals surface area contributed by atoms with Crippen molar-refractivity contribution < 1.29 is 9.53 Å². The molecule has 1 atom stereocenters. The largest absolute Gasteiger partial charge is 0.379 e. The molecule has 1 aromatic heterocycles. The van der Waals surface area contributed by atoms with Gasteiger partial charge < -0.3 is 15.5 Å². The molecule has 1 saturated heterocycles. The summed E-state index contributed by atoms with van der Waals surface area (Å²) in [7, 11) is 0. The Kier molecular flexibility index (Phi) is 3.70. The second-order valence-corrected chi connectivity index (χ2v) is 4.90. The van der Waals surface area contributed by atoms with Crippen LogP contribution < -0.4 is 16.6 Å². The second-order valence-electron chi connectivity index (χ2n) is 4.49. The third kappa shape index (κ3) is 2.72. The minimum absolute atomic E-state index is 0.153. The number of nitrogens with one attached hydrogen (secondary N) is 2. The van der Waals surface area contributed by atoms with Gasteiger partial charge in [-0.3, -0.25) is 4.79 Å². The van der Waals surface area contributed by atoms with Crippen molar-refractivity contribution >= 4 is 23.3 Å². The van der Waals surface area contributed by atoms with Gasteiger partial charge in [0.15, 0.2) is 0 Å². The molecule has 0 saturated carbocycles. The third-order valence-corrected chi connectivity index (χ3v) is 3.15. The van der Waals surface area contributed by atoms with Crippen LogP contribution in [0.1, 0.15) is 23.8 Å². The highest BCUT2D eigenvalue weighted by Gasteiger charge is 2.32. The standard InChI is InChI=1S/C11H15ClN4O2/c1-11(4-5-18-6-11)15-10(17)9-7(12)2-3-8(14-9)16-13/h2-3H,4-6,13H2,1H3,(H,14,16)(H,15,17). The Balaban J connectivity index is 2.17. The second kappa shape index (κ2) is 5.09. The van der Waals surface area contributed by atoms with Gasteiger partial charge in [-0.15, -0.1) is 0 Å². The zero-order valence-electron chi connectivity index (χ0n) is 10.00. The molecule has 1 amide bonds. The molecule has 1 unspecified atom stereocenters. The van der Waals surface area contributed by atoms with Gasteiger partial charge in [0, 0.05) is 6.61 Å². The van der Waals surface area contributed by atoms with Crippen LogP contribution in [0.2, 0.25) is 5.02 Å². The topological polar surface area (TPSA) is 89.3 Å². The molecule has 1 fully saturated rings. The minimum atomic E-state index is -0.367. The van der Waals surface area contributed by atoms with Gasteiger partial charge in [-0.1, -0.05) is 11.6 Å². The van der Waals surface area contributed by atoms with Gasteiger partial charge in [-0.2, -0.15) is 0 Å². The Bertz CT molecular complexity index is 460. The molecule has 0 aliphatic carbocycles. The number of pyridine rings is 1. The fourth-order valence-electron chi connectivity index (χ4n) is 1.78. The molecule has 98 valence electrons. The van der Waals surface area contributed by atoms with Crippen molar-refractivity contribution in [2.24, 2.45) is 5.84 Å². The number of nitrogens with two attached hydrogens (primary N) is 1. The van der Waals surface area contributed by atoms with E-state index in [2.05, 4.69) is 15.7 Å². The summed E-state index contributed by atoms with van der Waals surface area (Å²) in [5.41, 5.74) is 2.16. The molecule has 18 heavy (non-hydrogen) atoms. The molecule has 2 heterocycles. The van der Waals surface area contributed by atoms with Crippen molar-refractivity contribution in [2.75, 3.05) is 18.6 Å². The highest BCUT2D eigenvalue weighted by atomic mass is 35.5. The van der Waals surface area contributed by atoms with Gasteiger partial charge in [-0.05, 0) is 25.5 Å². The van der Waals surface area contributed by atoms with Gasteiger partial charge in [0.25, 0.3) is 5.91 Å². The average molecular weight is 271 g/mol. The van der Waals surface area contributed by atoms with E-state index in [0.717, 1.165) is 6.42 Å². The summed E-state index contributed by atoms with van der Waals surface area (Å²) < 4.78 is 5.27. The molecule has 1 aliphatic heterocycles. The lowest BCUT2D eigenvalue weighted by Crippen LogP contribution is -2.46. The van der Waals surface area contributed by atoms with E-state index in [1.165, 1.54) is 0 Å². The number of amides is 1. The van der Waals surface area contributed by atoms with Crippen LogP contribution in [-0.4, -0.2) is 29.6 Å². The number of hydrazine groups is 1. The number of carbonyl (C=O) groups is 1. The number of anilines is 1. The maximum atomic E-state index is 12.1. The van der Waals surface area contributed by atoms with Crippen molar-refractivity contribution in [1.82, 2.24) is 10.3 Å². The first-order valence-corrected chi connectivity index (χ1v) is 5.95. The van der Waals surface area contributed by atoms with E-state index in [1.54, 1.807) is 12.1 Å². The number of nitrogens with zero attached hydrogens (tertiary/aromatic N) is 1. The molecule has 0 radical (unpaired) electrons. The first-order chi connectivity index (χ1) is 8.54. The summed E-state index contributed by atoms with van der Waals surface area (Å²) >= 11 is 5.96. The van der Waals surface area contributed by atoms with Crippen molar-refractivity contribution in [3.63, 3.8) is 0 Å². The molecule has 4 N–H and O–H groups in total. The van der Waals surface area contributed by atoms with Crippen LogP contribution in [0.4, 0.5) is 5.82 Å². The smallest absolute Gasteiger partial charge is 0.272 e. The molecule has 2 rings (SSSR count). The first-order valence-electron chi connectivity index (χ1n) is 5.57. The van der Waals surface area contributed by atoms with E-state index < -0.39 is 0 Å². The maximum Gasteiger partial charge on any atom is 0.272 e. The van der Waals surface area contributed by atoms with E-state index >= 15 is 0 Å². The number of rotatable bonds is 3. The van der Waals surface area contributed by atoms with Crippen LogP contribution >= 0.6 is 11.6 Å². The molecule has 7 heteroatoms. The monoisotopic (exact) mass is 270 g/mol. The van der Waals surface area contributed by atoms with E-state index in [-0.39, 0.29) is 22.2 Å². The minimum Gasteiger partial charge on any atom is -0.379 e. The fraction of sp³-hybridized carbons (Fsp3) is 0.455. The molecule has 1 aromatic rings. The van der Waals surface area contributed by atoms with Gasteiger partial charge >= 0.3 is 0 Å². The van der Waals surface area contributed by atoms with Crippen molar-refractivity contribution in [3.8, 4) is 0 Å². The fourth-order valence-corrected chi connectivity index (χ4v) is 1.97. The normalized spacial score (nSPS) is 22.8. The lowest BCUT2D eigenvalue weighted by Gasteiger charge is -2.23. The Labute approximate surface area is 110 Å². The summed E-state index contributed by atoms with van der Waals surface area (Å²) in [5.74, 6) is 5.31. The Morgan fingerprint density at radius 3 is 3.00 bits per heavy atom. The summed E-state index contributed by atoms with van der Waals surface area (Å²) in [5, 5.41) is 3.17. The molecule has 0 spiro atoms. The van der Waals surface area contributed by atoms with Crippen LogP contribution in [0, 0.1) is 0 Å². The zero-order valence-corrected chi connectivity index (χ0v) is 10.8. The van der Waals surface area contributed by atoms with Crippen molar-refractivity contribution in [2.45, 2.75) is 18.9 Å². The van der Waals surface area contributed by atoms with E-state index in [9.17, 15) is 4.79 Å². The van der Waals surface area contributed by atoms with Gasteiger partial charge in [0.2, 0.25) is 0 Å². The molecule has 1 aliphatic rings. The number of aromatic nitrogens is 1. The molecule has 0 aromatic carbocycles. The number of carbonyl (C=O) groups excluding carboxylic acids is 1. The van der Waals surface area contributed by atoms with Crippen LogP contribution in [-0.2, 0) is 4.74 Å². The molecule has 0 bridgehead atoms. The predicted octanol–water partition coefficient (Wildman–Crippen LogP) is 0.929. The third-order valence-electron chi connectivity index (χ3n) is 2.84. The van der Waals surface area contributed by atoms with Crippen LogP contribution in [0.25, 0.3) is 0 Å². The van der Waals surface area contributed by atoms with Gasteiger partial charge in [-0.25, -0.2) is 10.8 Å². The van der Waals surface area contributed by atoms with E-state index in [0.29, 0.717) is 19.0 Å². The number of nitrogen functional groups attached to an aromatic ring is 1. The summed E-state index contributed by atoms with van der Waals surface area (Å²) in [6, 6.07) is 3.17. The first kappa shape index (κ1) is 13.1. The maximum absolute atomic E-state index is 12.1.